The minimum atomic E-state index is -0.00279. The van der Waals surface area contributed by atoms with Gasteiger partial charge in [-0.15, -0.1) is 0 Å². The van der Waals surface area contributed by atoms with Crippen LogP contribution in [-0.4, -0.2) is 58.7 Å². The lowest BCUT2D eigenvalue weighted by Crippen LogP contribution is -2.42. The van der Waals surface area contributed by atoms with E-state index in [0.717, 1.165) is 28.8 Å². The van der Waals surface area contributed by atoms with Gasteiger partial charge in [-0.2, -0.15) is 5.10 Å². The number of hydrogen-bond donors (Lipinski definition) is 2. The minimum absolute atomic E-state index is 0.00279. The molecular weight excluding hydrogens is 390 g/mol. The van der Waals surface area contributed by atoms with Gasteiger partial charge in [0.15, 0.2) is 5.96 Å². The van der Waals surface area contributed by atoms with Crippen molar-refractivity contribution in [1.29, 1.82) is 0 Å². The number of aromatic nitrogens is 3. The maximum Gasteiger partial charge on any atom is 0.241 e. The zero-order valence-corrected chi connectivity index (χ0v) is 18.2. The fourth-order valence-electron chi connectivity index (χ4n) is 3.05. The monoisotopic (exact) mass is 419 g/mol. The number of carbonyl (C=O) groups is 1. The summed E-state index contributed by atoms with van der Waals surface area (Å²) in [5.74, 6) is 0.618. The Morgan fingerprint density at radius 2 is 1.87 bits per heavy atom. The van der Waals surface area contributed by atoms with Crippen LogP contribution in [0.4, 0.5) is 0 Å². The molecule has 1 amide bonds. The van der Waals surface area contributed by atoms with Crippen LogP contribution in [0.5, 0.6) is 0 Å². The standard InChI is InChI=1S/C23H29N7O/c1-4-25-23(27-14-22(31)29(2)3)26-13-20-7-5-6-8-21(20)19-11-9-18(10-12-19)15-30-17-24-16-28-30/h5-12,16-17H,4,13-15H2,1-3H3,(H2,25,26,27). The van der Waals surface area contributed by atoms with E-state index in [4.69, 9.17) is 0 Å². The van der Waals surface area contributed by atoms with Gasteiger partial charge in [-0.05, 0) is 29.2 Å². The topological polar surface area (TPSA) is 87.4 Å². The number of aliphatic imine (C=N–C) groups is 1. The Labute approximate surface area is 183 Å². The number of guanidine groups is 1. The van der Waals surface area contributed by atoms with E-state index in [1.54, 1.807) is 30.0 Å². The molecular formula is C23H29N7O. The molecule has 31 heavy (non-hydrogen) atoms. The predicted octanol–water partition coefficient (Wildman–Crippen LogP) is 2.14. The second-order valence-electron chi connectivity index (χ2n) is 7.28. The number of likely N-dealkylation sites (N-methyl/N-ethyl adjacent to an activating group) is 1. The fourth-order valence-corrected chi connectivity index (χ4v) is 3.05. The molecule has 8 heteroatoms. The van der Waals surface area contributed by atoms with Crippen LogP contribution in [0.15, 0.2) is 66.2 Å². The molecule has 2 N–H and O–H groups in total. The van der Waals surface area contributed by atoms with Crippen LogP contribution < -0.4 is 10.6 Å². The largest absolute Gasteiger partial charge is 0.357 e. The van der Waals surface area contributed by atoms with Crippen LogP contribution >= 0.6 is 0 Å². The number of amides is 1. The molecule has 0 aliphatic heterocycles. The summed E-state index contributed by atoms with van der Waals surface area (Å²) >= 11 is 0. The van der Waals surface area contributed by atoms with Crippen LogP contribution in [0, 0.1) is 0 Å². The summed E-state index contributed by atoms with van der Waals surface area (Å²) in [5.41, 5.74) is 4.55. The van der Waals surface area contributed by atoms with Gasteiger partial charge in [0.2, 0.25) is 5.91 Å². The maximum absolute atomic E-state index is 11.9. The average Bonchev–Trinajstić information content (AvgIpc) is 3.29. The SMILES string of the molecule is CCNC(=NCc1ccccc1-c1ccc(Cn2cncn2)cc1)NCC(=O)N(C)C. The van der Waals surface area contributed by atoms with Gasteiger partial charge in [-0.25, -0.2) is 14.7 Å². The lowest BCUT2D eigenvalue weighted by molar-refractivity contribution is -0.127. The van der Waals surface area contributed by atoms with E-state index in [1.807, 2.05) is 19.1 Å². The highest BCUT2D eigenvalue weighted by atomic mass is 16.2. The molecule has 1 aromatic heterocycles. The van der Waals surface area contributed by atoms with Gasteiger partial charge in [-0.1, -0.05) is 48.5 Å². The molecule has 3 aromatic rings. The Balaban J connectivity index is 1.73. The van der Waals surface area contributed by atoms with E-state index in [0.29, 0.717) is 19.0 Å². The second kappa shape index (κ2) is 10.9. The number of nitrogens with one attached hydrogen (secondary N) is 2. The Morgan fingerprint density at radius 1 is 1.10 bits per heavy atom. The first-order valence-corrected chi connectivity index (χ1v) is 10.3. The third-order valence-corrected chi connectivity index (χ3v) is 4.75. The Hall–Kier alpha value is -3.68. The number of rotatable bonds is 8. The highest BCUT2D eigenvalue weighted by molar-refractivity contribution is 5.86. The Kier molecular flexibility index (Phi) is 7.75. The first-order chi connectivity index (χ1) is 15.1. The van der Waals surface area contributed by atoms with Crippen LogP contribution in [0.25, 0.3) is 11.1 Å². The highest BCUT2D eigenvalue weighted by Gasteiger charge is 2.08. The Bertz CT molecular complexity index is 995. The summed E-state index contributed by atoms with van der Waals surface area (Å²) in [6, 6.07) is 16.7. The van der Waals surface area contributed by atoms with Gasteiger partial charge in [0.25, 0.3) is 0 Å². The van der Waals surface area contributed by atoms with Crippen molar-refractivity contribution in [2.45, 2.75) is 20.0 Å². The van der Waals surface area contributed by atoms with Crippen molar-refractivity contribution in [1.82, 2.24) is 30.3 Å². The molecule has 0 aliphatic carbocycles. The molecule has 0 radical (unpaired) electrons. The van der Waals surface area contributed by atoms with Gasteiger partial charge in [0.1, 0.15) is 12.7 Å². The number of benzene rings is 2. The fraction of sp³-hybridized carbons (Fsp3) is 0.304. The van der Waals surface area contributed by atoms with Crippen molar-refractivity contribution in [3.63, 3.8) is 0 Å². The first kappa shape index (κ1) is 22.0. The molecule has 162 valence electrons. The Morgan fingerprint density at radius 3 is 2.55 bits per heavy atom. The molecule has 0 unspecified atom stereocenters. The van der Waals surface area contributed by atoms with E-state index in [2.05, 4.69) is 62.1 Å². The number of hydrogen-bond acceptors (Lipinski definition) is 4. The van der Waals surface area contributed by atoms with Crippen molar-refractivity contribution >= 4 is 11.9 Å². The molecule has 1 heterocycles. The van der Waals surface area contributed by atoms with Crippen molar-refractivity contribution < 1.29 is 4.79 Å². The van der Waals surface area contributed by atoms with Crippen molar-refractivity contribution in [2.24, 2.45) is 4.99 Å². The van der Waals surface area contributed by atoms with Crippen LogP contribution in [0.2, 0.25) is 0 Å². The molecule has 0 fully saturated rings. The number of nitrogens with zero attached hydrogens (tertiary/aromatic N) is 5. The highest BCUT2D eigenvalue weighted by Crippen LogP contribution is 2.25. The predicted molar refractivity (Wildman–Crippen MR) is 123 cm³/mol. The van der Waals surface area contributed by atoms with Crippen LogP contribution in [0.1, 0.15) is 18.1 Å². The summed E-state index contributed by atoms with van der Waals surface area (Å²) in [4.78, 5) is 22.1. The quantitative estimate of drug-likeness (QED) is 0.431. The van der Waals surface area contributed by atoms with Gasteiger partial charge in [0, 0.05) is 20.6 Å². The van der Waals surface area contributed by atoms with E-state index in [-0.39, 0.29) is 12.5 Å². The van der Waals surface area contributed by atoms with Crippen LogP contribution in [0.3, 0.4) is 0 Å². The lowest BCUT2D eigenvalue weighted by atomic mass is 9.98. The third kappa shape index (κ3) is 6.40. The van der Waals surface area contributed by atoms with Crippen molar-refractivity contribution in [3.05, 3.63) is 72.3 Å². The minimum Gasteiger partial charge on any atom is -0.357 e. The second-order valence-corrected chi connectivity index (χ2v) is 7.28. The van der Waals surface area contributed by atoms with Gasteiger partial charge < -0.3 is 15.5 Å². The van der Waals surface area contributed by atoms with Crippen molar-refractivity contribution in [2.75, 3.05) is 27.2 Å². The van der Waals surface area contributed by atoms with E-state index >= 15 is 0 Å². The average molecular weight is 420 g/mol. The molecule has 0 aliphatic rings. The maximum atomic E-state index is 11.9. The normalized spacial score (nSPS) is 11.3. The molecule has 8 nitrogen and oxygen atoms in total. The summed E-state index contributed by atoms with van der Waals surface area (Å²) in [6.45, 7) is 4.11. The van der Waals surface area contributed by atoms with Gasteiger partial charge in [-0.3, -0.25) is 4.79 Å². The molecule has 0 atom stereocenters. The van der Waals surface area contributed by atoms with Gasteiger partial charge >= 0.3 is 0 Å². The van der Waals surface area contributed by atoms with Crippen molar-refractivity contribution in [3.8, 4) is 11.1 Å². The molecule has 0 spiro atoms. The molecule has 0 bridgehead atoms. The van der Waals surface area contributed by atoms with E-state index < -0.39 is 0 Å². The molecule has 0 saturated carbocycles. The molecule has 2 aromatic carbocycles. The van der Waals surface area contributed by atoms with E-state index in [9.17, 15) is 4.79 Å². The number of carbonyl (C=O) groups excluding carboxylic acids is 1. The molecule has 3 rings (SSSR count). The summed E-state index contributed by atoms with van der Waals surface area (Å²) < 4.78 is 1.80. The zero-order valence-electron chi connectivity index (χ0n) is 18.2. The summed E-state index contributed by atoms with van der Waals surface area (Å²) in [7, 11) is 3.48. The van der Waals surface area contributed by atoms with Gasteiger partial charge in [0.05, 0.1) is 19.6 Å². The first-order valence-electron chi connectivity index (χ1n) is 10.3. The third-order valence-electron chi connectivity index (χ3n) is 4.75. The smallest absolute Gasteiger partial charge is 0.241 e. The summed E-state index contributed by atoms with van der Waals surface area (Å²) in [6.07, 6.45) is 3.25. The summed E-state index contributed by atoms with van der Waals surface area (Å²) in [5, 5.41) is 10.4. The van der Waals surface area contributed by atoms with Crippen LogP contribution in [-0.2, 0) is 17.9 Å². The van der Waals surface area contributed by atoms with E-state index in [1.165, 1.54) is 6.33 Å². The molecule has 0 saturated heterocycles. The lowest BCUT2D eigenvalue weighted by Gasteiger charge is -2.15. The zero-order chi connectivity index (χ0) is 22.1.